The van der Waals surface area contributed by atoms with Gasteiger partial charge in [-0.2, -0.15) is 10.2 Å². The number of aryl methyl sites for hydroxylation is 3. The molecule has 2 heterocycles. The summed E-state index contributed by atoms with van der Waals surface area (Å²) in [6.45, 7) is 8.07. The molecule has 0 saturated carbocycles. The quantitative estimate of drug-likeness (QED) is 0.506. The van der Waals surface area contributed by atoms with Gasteiger partial charge in [0.05, 0.1) is 22.5 Å². The predicted molar refractivity (Wildman–Crippen MR) is 125 cm³/mol. The van der Waals surface area contributed by atoms with Crippen LogP contribution in [0.3, 0.4) is 0 Å². The molecule has 1 atom stereocenters. The van der Waals surface area contributed by atoms with Crippen LogP contribution in [0.5, 0.6) is 0 Å². The minimum Gasteiger partial charge on any atom is -0.350 e. The molecule has 32 heavy (non-hydrogen) atoms. The Balaban J connectivity index is 1.72. The van der Waals surface area contributed by atoms with Crippen molar-refractivity contribution >= 4 is 16.8 Å². The van der Waals surface area contributed by atoms with Crippen LogP contribution in [-0.2, 0) is 11.3 Å². The number of benzene rings is 2. The van der Waals surface area contributed by atoms with Gasteiger partial charge in [0, 0.05) is 6.54 Å². The fraction of sp³-hybridized carbons (Fsp3) is 0.280. The van der Waals surface area contributed by atoms with E-state index in [9.17, 15) is 9.59 Å². The van der Waals surface area contributed by atoms with Gasteiger partial charge in [-0.05, 0) is 44.9 Å². The lowest BCUT2D eigenvalue weighted by Gasteiger charge is -2.17. The van der Waals surface area contributed by atoms with Gasteiger partial charge in [-0.3, -0.25) is 9.59 Å². The van der Waals surface area contributed by atoms with E-state index in [1.54, 1.807) is 4.68 Å². The number of rotatable bonds is 6. The van der Waals surface area contributed by atoms with Crippen molar-refractivity contribution in [3.63, 3.8) is 0 Å². The highest BCUT2D eigenvalue weighted by atomic mass is 16.2. The highest BCUT2D eigenvalue weighted by Gasteiger charge is 2.25. The number of fused-ring (bicyclic) bond motifs is 1. The van der Waals surface area contributed by atoms with Crippen LogP contribution in [0.25, 0.3) is 16.6 Å². The monoisotopic (exact) mass is 429 g/mol. The third-order valence-corrected chi connectivity index (χ3v) is 5.72. The van der Waals surface area contributed by atoms with E-state index in [2.05, 4.69) is 15.5 Å². The lowest BCUT2D eigenvalue weighted by atomic mass is 10.1. The van der Waals surface area contributed by atoms with Crippen molar-refractivity contribution in [1.29, 1.82) is 0 Å². The van der Waals surface area contributed by atoms with E-state index in [1.807, 2.05) is 82.3 Å². The van der Waals surface area contributed by atoms with Crippen LogP contribution in [0.2, 0.25) is 0 Å². The summed E-state index contributed by atoms with van der Waals surface area (Å²) >= 11 is 0. The maximum Gasteiger partial charge on any atom is 0.295 e. The molecule has 7 heteroatoms. The summed E-state index contributed by atoms with van der Waals surface area (Å²) < 4.78 is 3.05. The average molecular weight is 430 g/mol. The van der Waals surface area contributed by atoms with Gasteiger partial charge < -0.3 is 5.32 Å². The molecule has 1 amide bonds. The van der Waals surface area contributed by atoms with E-state index in [1.165, 1.54) is 4.68 Å². The van der Waals surface area contributed by atoms with Crippen LogP contribution in [0, 0.1) is 20.8 Å². The maximum absolute atomic E-state index is 13.4. The summed E-state index contributed by atoms with van der Waals surface area (Å²) in [7, 11) is 0. The van der Waals surface area contributed by atoms with Crippen LogP contribution in [0.15, 0.2) is 59.4 Å². The van der Waals surface area contributed by atoms with E-state index >= 15 is 0 Å². The standard InChI is InChI=1S/C25H27N5O2/c1-5-21(24(31)26-15-19-9-7-6-8-10-19)30-25(32)23-22(17(3)27-30)18(4)29(28-23)20-13-11-16(2)12-14-20/h6-14,21H,5,15H2,1-4H3,(H,26,31)/t21-/m0/s1. The molecule has 0 spiro atoms. The molecular formula is C25H27N5O2. The number of hydrogen-bond acceptors (Lipinski definition) is 4. The average Bonchev–Trinajstić information content (AvgIpc) is 3.15. The second kappa shape index (κ2) is 8.78. The van der Waals surface area contributed by atoms with Gasteiger partial charge in [-0.1, -0.05) is 55.0 Å². The molecule has 4 aromatic rings. The second-order valence-electron chi connectivity index (χ2n) is 8.02. The molecule has 0 bridgehead atoms. The normalized spacial score (nSPS) is 12.1. The van der Waals surface area contributed by atoms with Gasteiger partial charge in [0.1, 0.15) is 6.04 Å². The Morgan fingerprint density at radius 1 is 1.00 bits per heavy atom. The molecule has 0 aliphatic rings. The Kier molecular flexibility index (Phi) is 5.90. The number of amides is 1. The third-order valence-electron chi connectivity index (χ3n) is 5.72. The van der Waals surface area contributed by atoms with E-state index in [0.29, 0.717) is 24.2 Å². The van der Waals surface area contributed by atoms with Gasteiger partial charge in [0.2, 0.25) is 5.91 Å². The highest BCUT2D eigenvalue weighted by molar-refractivity contribution is 5.84. The number of carbonyl (C=O) groups is 1. The highest BCUT2D eigenvalue weighted by Crippen LogP contribution is 2.22. The smallest absolute Gasteiger partial charge is 0.295 e. The molecule has 4 rings (SSSR count). The summed E-state index contributed by atoms with van der Waals surface area (Å²) in [5.74, 6) is -0.237. The Morgan fingerprint density at radius 2 is 1.69 bits per heavy atom. The topological polar surface area (TPSA) is 81.8 Å². The minimum atomic E-state index is -0.709. The molecule has 2 aromatic carbocycles. The van der Waals surface area contributed by atoms with Gasteiger partial charge in [-0.15, -0.1) is 0 Å². The lowest BCUT2D eigenvalue weighted by Crippen LogP contribution is -2.38. The Hall–Kier alpha value is -3.74. The number of carbonyl (C=O) groups excluding carboxylic acids is 1. The first kappa shape index (κ1) is 21.5. The molecule has 164 valence electrons. The van der Waals surface area contributed by atoms with Gasteiger partial charge in [0.25, 0.3) is 5.56 Å². The summed E-state index contributed by atoms with van der Waals surface area (Å²) in [6.07, 6.45) is 0.441. The molecule has 0 aliphatic heterocycles. The summed E-state index contributed by atoms with van der Waals surface area (Å²) in [6, 6.07) is 16.9. The van der Waals surface area contributed by atoms with Gasteiger partial charge in [-0.25, -0.2) is 9.36 Å². The molecule has 1 N–H and O–H groups in total. The SMILES string of the molecule is CC[C@@H](C(=O)NCc1ccccc1)n1nc(C)c2c(C)n(-c3ccc(C)cc3)nc2c1=O. The van der Waals surface area contributed by atoms with Crippen molar-refractivity contribution in [3.8, 4) is 5.69 Å². The van der Waals surface area contributed by atoms with Crippen molar-refractivity contribution < 1.29 is 4.79 Å². The number of nitrogens with one attached hydrogen (secondary N) is 1. The summed E-state index contributed by atoms with van der Waals surface area (Å²) in [4.78, 5) is 26.3. The Morgan fingerprint density at radius 3 is 2.34 bits per heavy atom. The zero-order valence-electron chi connectivity index (χ0n) is 18.8. The lowest BCUT2D eigenvalue weighted by molar-refractivity contribution is -0.125. The van der Waals surface area contributed by atoms with Crippen LogP contribution in [-0.4, -0.2) is 25.5 Å². The van der Waals surface area contributed by atoms with Crippen LogP contribution in [0.4, 0.5) is 0 Å². The Bertz CT molecular complexity index is 1320. The zero-order chi connectivity index (χ0) is 22.8. The largest absolute Gasteiger partial charge is 0.350 e. The first-order valence-corrected chi connectivity index (χ1v) is 10.8. The number of aromatic nitrogens is 4. The molecule has 2 aromatic heterocycles. The van der Waals surface area contributed by atoms with E-state index < -0.39 is 6.04 Å². The molecule has 0 saturated heterocycles. The summed E-state index contributed by atoms with van der Waals surface area (Å²) in [5.41, 5.74) is 4.50. The molecule has 0 aliphatic carbocycles. The molecule has 7 nitrogen and oxygen atoms in total. The molecule has 0 fully saturated rings. The van der Waals surface area contributed by atoms with Crippen LogP contribution in [0.1, 0.15) is 41.9 Å². The first-order chi connectivity index (χ1) is 15.4. The maximum atomic E-state index is 13.4. The second-order valence-corrected chi connectivity index (χ2v) is 8.02. The van der Waals surface area contributed by atoms with Crippen LogP contribution >= 0.6 is 0 Å². The fourth-order valence-electron chi connectivity index (χ4n) is 3.97. The minimum absolute atomic E-state index is 0.237. The Labute approximate surface area is 186 Å². The van der Waals surface area contributed by atoms with E-state index in [0.717, 1.165) is 27.9 Å². The molecular weight excluding hydrogens is 402 g/mol. The van der Waals surface area contributed by atoms with Crippen molar-refractivity contribution in [2.45, 2.75) is 46.7 Å². The van der Waals surface area contributed by atoms with Gasteiger partial charge in [0.15, 0.2) is 5.52 Å². The van der Waals surface area contributed by atoms with E-state index in [4.69, 9.17) is 0 Å². The third kappa shape index (κ3) is 3.93. The molecule has 0 unspecified atom stereocenters. The van der Waals surface area contributed by atoms with E-state index in [-0.39, 0.29) is 11.5 Å². The fourth-order valence-corrected chi connectivity index (χ4v) is 3.97. The van der Waals surface area contributed by atoms with Crippen molar-refractivity contribution in [2.75, 3.05) is 0 Å². The zero-order valence-corrected chi connectivity index (χ0v) is 18.8. The van der Waals surface area contributed by atoms with Crippen molar-refractivity contribution in [1.82, 2.24) is 24.9 Å². The number of nitrogens with zero attached hydrogens (tertiary/aromatic N) is 4. The van der Waals surface area contributed by atoms with Crippen molar-refractivity contribution in [3.05, 3.63) is 87.5 Å². The predicted octanol–water partition coefficient (Wildman–Crippen LogP) is 3.77. The summed E-state index contributed by atoms with van der Waals surface area (Å²) in [5, 5.41) is 12.8. The van der Waals surface area contributed by atoms with Crippen LogP contribution < -0.4 is 10.9 Å². The van der Waals surface area contributed by atoms with Gasteiger partial charge >= 0.3 is 0 Å². The number of hydrogen-bond donors (Lipinski definition) is 1. The first-order valence-electron chi connectivity index (χ1n) is 10.8. The van der Waals surface area contributed by atoms with Crippen molar-refractivity contribution in [2.24, 2.45) is 0 Å². The molecule has 0 radical (unpaired) electrons.